The van der Waals surface area contributed by atoms with Crippen molar-refractivity contribution in [2.75, 3.05) is 0 Å². The van der Waals surface area contributed by atoms with Gasteiger partial charge in [-0.2, -0.15) is 6.08 Å². The Bertz CT molecular complexity index is 474. The summed E-state index contributed by atoms with van der Waals surface area (Å²) in [6.45, 7) is 7.11. The molecule has 0 heterocycles. The second-order valence-corrected chi connectivity index (χ2v) is 9.74. The molecular weight excluding hydrogens is 386 g/mol. The molecular formula is C17H23Cl3SiTi. The Morgan fingerprint density at radius 2 is 1.64 bits per heavy atom. The van der Waals surface area contributed by atoms with Crippen molar-refractivity contribution in [3.63, 3.8) is 0 Å². The number of rotatable bonds is 5. The molecule has 2 rings (SSSR count). The summed E-state index contributed by atoms with van der Waals surface area (Å²) in [6.07, 6.45) is 9.54. The van der Waals surface area contributed by atoms with Crippen LogP contribution in [0.1, 0.15) is 33.1 Å². The molecule has 0 N–H and O–H groups in total. The van der Waals surface area contributed by atoms with Crippen molar-refractivity contribution in [3.8, 4) is 0 Å². The van der Waals surface area contributed by atoms with E-state index in [2.05, 4.69) is 62.9 Å². The second kappa shape index (κ2) is 12.9. The van der Waals surface area contributed by atoms with Crippen LogP contribution in [0, 0.1) is 6.08 Å². The number of benzene rings is 1. The van der Waals surface area contributed by atoms with Gasteiger partial charge in [-0.1, -0.05) is 74.8 Å². The average Bonchev–Trinajstić information content (AvgIpc) is 2.88. The maximum atomic E-state index is 3.67. The van der Waals surface area contributed by atoms with Crippen LogP contribution < -0.4 is 42.4 Å². The summed E-state index contributed by atoms with van der Waals surface area (Å²) in [4.78, 5) is 0. The van der Waals surface area contributed by atoms with Crippen molar-refractivity contribution < 1.29 is 58.9 Å². The molecule has 1 aliphatic carbocycles. The second-order valence-electron chi connectivity index (χ2n) is 5.29. The largest absolute Gasteiger partial charge is 4.00 e. The SMILES string of the molecule is CCCC1=CC[C-]=C1[Si](C)(CC)c1ccccc1.[Cl-].[Cl-].[Cl-].[Ti+4]. The molecule has 0 spiro atoms. The summed E-state index contributed by atoms with van der Waals surface area (Å²) in [5.41, 5.74) is 1.58. The first-order valence-corrected chi connectivity index (χ1v) is 9.79. The predicted molar refractivity (Wildman–Crippen MR) is 82.5 cm³/mol. The molecule has 22 heavy (non-hydrogen) atoms. The van der Waals surface area contributed by atoms with Crippen LogP contribution in [0.25, 0.3) is 0 Å². The summed E-state index contributed by atoms with van der Waals surface area (Å²) in [5.74, 6) is 0. The van der Waals surface area contributed by atoms with Crippen LogP contribution in [0.15, 0.2) is 47.2 Å². The van der Waals surface area contributed by atoms with Crippen LogP contribution in [0.5, 0.6) is 0 Å². The van der Waals surface area contributed by atoms with E-state index < -0.39 is 8.07 Å². The Labute approximate surface area is 170 Å². The predicted octanol–water partition coefficient (Wildman–Crippen LogP) is -4.60. The minimum absolute atomic E-state index is 0. The van der Waals surface area contributed by atoms with E-state index in [0.717, 1.165) is 6.42 Å². The first kappa shape index (κ1) is 27.4. The number of hydrogen-bond donors (Lipinski definition) is 0. The van der Waals surface area contributed by atoms with E-state index in [1.54, 1.807) is 16.0 Å². The average molecular weight is 410 g/mol. The molecule has 1 aliphatic rings. The van der Waals surface area contributed by atoms with Gasteiger partial charge in [0, 0.05) is 0 Å². The van der Waals surface area contributed by atoms with E-state index in [4.69, 9.17) is 0 Å². The molecule has 0 radical (unpaired) electrons. The molecule has 1 aromatic rings. The molecule has 5 heteroatoms. The number of halogens is 3. The number of allylic oxidation sites excluding steroid dienone is 4. The Morgan fingerprint density at radius 1 is 1.05 bits per heavy atom. The van der Waals surface area contributed by atoms with Gasteiger partial charge in [-0.25, -0.2) is 10.8 Å². The molecule has 0 nitrogen and oxygen atoms in total. The van der Waals surface area contributed by atoms with Gasteiger partial charge in [-0.3, -0.25) is 6.08 Å². The first-order chi connectivity index (χ1) is 8.72. The Kier molecular flexibility index (Phi) is 16.0. The molecule has 0 aromatic heterocycles. The van der Waals surface area contributed by atoms with Crippen molar-refractivity contribution in [2.45, 2.75) is 45.7 Å². The Hall–Kier alpha value is 0.501. The third kappa shape index (κ3) is 5.85. The molecule has 0 amide bonds. The first-order valence-electron chi connectivity index (χ1n) is 7.08. The van der Waals surface area contributed by atoms with E-state index in [1.165, 1.54) is 18.9 Å². The summed E-state index contributed by atoms with van der Waals surface area (Å²) < 4.78 is 0. The Morgan fingerprint density at radius 3 is 2.14 bits per heavy atom. The van der Waals surface area contributed by atoms with Gasteiger partial charge in [0.2, 0.25) is 0 Å². The summed E-state index contributed by atoms with van der Waals surface area (Å²) in [5, 5.41) is 3.14. The quantitative estimate of drug-likeness (QED) is 0.339. The van der Waals surface area contributed by atoms with Crippen LogP contribution in [0.4, 0.5) is 0 Å². The third-order valence-electron chi connectivity index (χ3n) is 4.14. The van der Waals surface area contributed by atoms with E-state index in [0.29, 0.717) is 0 Å². The maximum Gasteiger partial charge on any atom is 4.00 e. The van der Waals surface area contributed by atoms with Gasteiger partial charge in [0.1, 0.15) is 0 Å². The molecule has 1 unspecified atom stereocenters. The van der Waals surface area contributed by atoms with E-state index >= 15 is 0 Å². The van der Waals surface area contributed by atoms with Gasteiger partial charge in [0.05, 0.1) is 8.07 Å². The Balaban J connectivity index is -0.000000902. The molecule has 0 bridgehead atoms. The molecule has 1 aromatic carbocycles. The van der Waals surface area contributed by atoms with Gasteiger partial charge in [-0.15, -0.1) is 6.42 Å². The molecule has 0 fully saturated rings. The maximum absolute atomic E-state index is 3.67. The normalized spacial score (nSPS) is 14.9. The topological polar surface area (TPSA) is 0 Å². The van der Waals surface area contributed by atoms with Gasteiger partial charge in [0.15, 0.2) is 0 Å². The van der Waals surface area contributed by atoms with Crippen LogP contribution in [-0.2, 0) is 21.7 Å². The third-order valence-corrected chi connectivity index (χ3v) is 8.76. The number of hydrogen-bond acceptors (Lipinski definition) is 0. The fraction of sp³-hybridized carbons (Fsp3) is 0.412. The monoisotopic (exact) mass is 408 g/mol. The summed E-state index contributed by atoms with van der Waals surface area (Å²) >= 11 is 0. The van der Waals surface area contributed by atoms with Crippen molar-refractivity contribution in [1.29, 1.82) is 0 Å². The zero-order valence-electron chi connectivity index (χ0n) is 13.4. The smallest absolute Gasteiger partial charge is 1.00 e. The van der Waals surface area contributed by atoms with Crippen molar-refractivity contribution in [2.24, 2.45) is 0 Å². The minimum Gasteiger partial charge on any atom is -1.00 e. The fourth-order valence-corrected chi connectivity index (χ4v) is 6.28. The standard InChI is InChI=1S/C17H23Si.3ClH.Ti/c1-4-10-15-11-9-14-17(15)18(3,5-2)16-12-7-6-8-13-16;;;;/h6-8,11-13H,4-5,9-10H2,1-3H3;3*1H;/q-1;;;;+4/p-3. The van der Waals surface area contributed by atoms with Crippen molar-refractivity contribution in [1.82, 2.24) is 0 Å². The van der Waals surface area contributed by atoms with Gasteiger partial charge < -0.3 is 37.2 Å². The molecule has 1 atom stereocenters. The van der Waals surface area contributed by atoms with Crippen LogP contribution >= 0.6 is 0 Å². The minimum atomic E-state index is -1.53. The van der Waals surface area contributed by atoms with Crippen molar-refractivity contribution in [3.05, 3.63) is 53.3 Å². The molecule has 0 saturated carbocycles. The van der Waals surface area contributed by atoms with E-state index in [-0.39, 0.29) is 58.9 Å². The van der Waals surface area contributed by atoms with Gasteiger partial charge in [0.25, 0.3) is 0 Å². The van der Waals surface area contributed by atoms with E-state index in [1.807, 2.05) is 0 Å². The molecule has 0 aliphatic heterocycles. The fourth-order valence-electron chi connectivity index (χ4n) is 2.87. The zero-order chi connectivity index (χ0) is 13.0. The summed E-state index contributed by atoms with van der Waals surface area (Å²) in [6, 6.07) is 12.4. The van der Waals surface area contributed by atoms with Crippen LogP contribution in [0.3, 0.4) is 0 Å². The molecule has 120 valence electrons. The zero-order valence-corrected chi connectivity index (χ0v) is 18.3. The van der Waals surface area contributed by atoms with E-state index in [9.17, 15) is 0 Å². The van der Waals surface area contributed by atoms with Gasteiger partial charge in [-0.05, 0) is 0 Å². The van der Waals surface area contributed by atoms with Crippen LogP contribution in [0.2, 0.25) is 12.6 Å². The summed E-state index contributed by atoms with van der Waals surface area (Å²) in [7, 11) is -1.53. The van der Waals surface area contributed by atoms with Crippen LogP contribution in [-0.4, -0.2) is 8.07 Å². The van der Waals surface area contributed by atoms with Gasteiger partial charge >= 0.3 is 21.7 Å². The molecule has 0 saturated heterocycles. The van der Waals surface area contributed by atoms with Crippen molar-refractivity contribution >= 4 is 13.3 Å².